The van der Waals surface area contributed by atoms with Crippen molar-refractivity contribution in [3.63, 3.8) is 0 Å². The molecule has 8 aromatic rings. The van der Waals surface area contributed by atoms with Gasteiger partial charge in [0.1, 0.15) is 78.3 Å². The first kappa shape index (κ1) is 56.1. The van der Waals surface area contributed by atoms with Gasteiger partial charge in [-0.25, -0.2) is 26.9 Å². The van der Waals surface area contributed by atoms with Crippen LogP contribution in [0.25, 0.3) is 64.4 Å². The molecule has 6 N–H and O–H groups in total. The highest BCUT2D eigenvalue weighted by atomic mass is 35.5. The van der Waals surface area contributed by atoms with Crippen LogP contribution in [-0.4, -0.2) is 154 Å². The molecule has 0 radical (unpaired) electrons. The molecule has 4 aromatic carbocycles. The van der Waals surface area contributed by atoms with Crippen molar-refractivity contribution >= 4 is 110 Å². The zero-order valence-corrected chi connectivity index (χ0v) is 51.7. The summed E-state index contributed by atoms with van der Waals surface area (Å²) < 4.78 is 111. The third-order valence-corrected chi connectivity index (χ3v) is 24.3. The van der Waals surface area contributed by atoms with Crippen molar-refractivity contribution in [2.75, 3.05) is 80.4 Å². The normalized spacial score (nSPS) is 29.8. The van der Waals surface area contributed by atoms with Crippen LogP contribution >= 0.6 is 45.9 Å². The number of alkyl halides is 2. The summed E-state index contributed by atoms with van der Waals surface area (Å²) in [6, 6.07) is 6.25. The van der Waals surface area contributed by atoms with E-state index < -0.39 is 46.9 Å². The predicted octanol–water partition coefficient (Wildman–Crippen LogP) is 10.9. The van der Waals surface area contributed by atoms with Crippen LogP contribution in [0.3, 0.4) is 0 Å². The summed E-state index contributed by atoms with van der Waals surface area (Å²) in [7, 11) is 0. The standard InChI is InChI=1S/C63H59Cl2F5N14O4S2/c1-25-31(13-39-41(32(16-71)56(72)89-39)40(25)43-47(65)54-45-52(49(43)70)78-60(87-23-62-10-2-12-81(62)17-26(66)14-62)79-58(45)83-20-29-4-8-35(75-29)38(83)22-86-54)36-9-11-63(15-27(67)18-84(36)63)24-88-61-77-51-44-53(85-21-37-34-7-3-28(74-34)19-82(37)57(44)80-61)46(64)42(48(51)69)30-5-6-33(68)55-50(30)76-59(73)90-55/h5-6,13,26-29,34-38,74-75H,2-4,7-12,14-15,17-24,72H2,1H3,(H2,73,76)/t26-,27-,28-,29-,34+,35+,36?,37-,38-,62+,63+/m1/s1. The van der Waals surface area contributed by atoms with Gasteiger partial charge in [-0.1, -0.05) is 34.5 Å². The van der Waals surface area contributed by atoms with Crippen molar-refractivity contribution in [1.29, 1.82) is 5.26 Å². The highest BCUT2D eigenvalue weighted by Gasteiger charge is 2.56. The first-order valence-electron chi connectivity index (χ1n) is 31.0. The molecule has 14 heterocycles. The molecule has 0 saturated carbocycles. The molecule has 18 nitrogen and oxygen atoms in total. The molecule has 0 spiro atoms. The minimum absolute atomic E-state index is 0.0283. The van der Waals surface area contributed by atoms with Crippen LogP contribution in [0.15, 0.2) is 18.2 Å². The number of aromatic nitrogens is 5. The Morgan fingerprint density at radius 1 is 0.733 bits per heavy atom. The fourth-order valence-electron chi connectivity index (χ4n) is 17.8. The summed E-state index contributed by atoms with van der Waals surface area (Å²) in [6.07, 6.45) is 4.45. The molecule has 90 heavy (non-hydrogen) atoms. The molecule has 10 aliphatic rings. The summed E-state index contributed by atoms with van der Waals surface area (Å²) in [5, 5.41) is 19.6. The number of piperazine rings is 2. The molecule has 8 fully saturated rings. The second-order valence-corrected chi connectivity index (χ2v) is 29.3. The smallest absolute Gasteiger partial charge is 0.319 e. The Hall–Kier alpha value is -6.63. The van der Waals surface area contributed by atoms with E-state index >= 15 is 22.0 Å². The Morgan fingerprint density at radius 2 is 1.36 bits per heavy atom. The monoisotopic (exact) mass is 1300 g/mol. The van der Waals surface area contributed by atoms with Gasteiger partial charge < -0.3 is 50.8 Å². The molecular weight excluding hydrogens is 1250 g/mol. The lowest BCUT2D eigenvalue weighted by Crippen LogP contribution is -2.60. The first-order chi connectivity index (χ1) is 43.6. The number of thiophene rings is 1. The SMILES string of the molecule is Cc1c(C2CC[C@@]3(COc4nc5c6c(c(Cl)c(-c7ccc(F)c8sc(N)nc78)c(F)c6n4)OC[C@@H]4[C@@H]6CC[C@H](CN54)N6)C[C@@H](F)CN23)cc2sc(N)c(C#N)c2c1-c1c(Cl)c2c3c(nc(OC[C@@]45CCCN4C[C@H](F)C5)nc3c1F)N1C[C@H]3CC[C@H](N3)[C@H]1CO2. The molecule has 10 aliphatic heterocycles. The number of anilines is 4. The maximum atomic E-state index is 18.8. The van der Waals surface area contributed by atoms with Crippen LogP contribution in [0, 0.1) is 35.7 Å². The molecule has 27 heteroatoms. The van der Waals surface area contributed by atoms with Gasteiger partial charge in [0, 0.05) is 96.0 Å². The number of rotatable bonds is 9. The van der Waals surface area contributed by atoms with Gasteiger partial charge in [0.05, 0.1) is 59.8 Å². The summed E-state index contributed by atoms with van der Waals surface area (Å²) in [4.78, 5) is 32.8. The van der Waals surface area contributed by atoms with E-state index in [-0.39, 0.29) is 168 Å². The van der Waals surface area contributed by atoms with Gasteiger partial charge in [0.25, 0.3) is 0 Å². The van der Waals surface area contributed by atoms with Crippen LogP contribution < -0.4 is 50.8 Å². The van der Waals surface area contributed by atoms with Gasteiger partial charge in [-0.15, -0.1) is 11.3 Å². The molecule has 4 bridgehead atoms. The van der Waals surface area contributed by atoms with E-state index in [2.05, 4.69) is 41.3 Å². The quantitative estimate of drug-likeness (QED) is 0.0989. The number of ether oxygens (including phenoxy) is 4. The fourth-order valence-corrected chi connectivity index (χ4v) is 20.2. The first-order valence-corrected chi connectivity index (χ1v) is 33.4. The van der Waals surface area contributed by atoms with Gasteiger partial charge in [0.15, 0.2) is 28.3 Å². The highest BCUT2D eigenvalue weighted by molar-refractivity contribution is 7.23. The van der Waals surface area contributed by atoms with Crippen LogP contribution in [0.1, 0.15) is 86.9 Å². The fraction of sp³-hybridized carbons (Fsp3) is 0.492. The van der Waals surface area contributed by atoms with Gasteiger partial charge in [-0.05, 0) is 99.7 Å². The summed E-state index contributed by atoms with van der Waals surface area (Å²) >= 11 is 17.1. The van der Waals surface area contributed by atoms with E-state index in [4.69, 9.17) is 73.6 Å². The van der Waals surface area contributed by atoms with Crippen molar-refractivity contribution in [2.24, 2.45) is 0 Å². The molecule has 0 aliphatic carbocycles. The molecule has 466 valence electrons. The number of hydrogen-bond donors (Lipinski definition) is 4. The zero-order valence-electron chi connectivity index (χ0n) is 48.6. The number of halogens is 7. The number of fused-ring (bicyclic) bond motifs is 14. The number of nitrogens with zero attached hydrogens (tertiary/aromatic N) is 10. The van der Waals surface area contributed by atoms with Crippen molar-refractivity contribution in [3.05, 3.63) is 62.4 Å². The van der Waals surface area contributed by atoms with Gasteiger partial charge in [-0.3, -0.25) is 9.80 Å². The predicted molar refractivity (Wildman–Crippen MR) is 335 cm³/mol. The number of nitrogens with two attached hydrogens (primary N) is 2. The zero-order chi connectivity index (χ0) is 61.1. The summed E-state index contributed by atoms with van der Waals surface area (Å²) in [6.45, 7) is 4.53. The van der Waals surface area contributed by atoms with Crippen molar-refractivity contribution in [1.82, 2.24) is 45.4 Å². The van der Waals surface area contributed by atoms with Gasteiger partial charge in [-0.2, -0.15) is 25.2 Å². The third kappa shape index (κ3) is 8.06. The van der Waals surface area contributed by atoms with Crippen molar-refractivity contribution < 1.29 is 40.9 Å². The molecule has 0 amide bonds. The molecular formula is C63H59Cl2F5N14O4S2. The van der Waals surface area contributed by atoms with Crippen LogP contribution in [-0.2, 0) is 0 Å². The largest absolute Gasteiger partial charge is 0.489 e. The van der Waals surface area contributed by atoms with E-state index in [9.17, 15) is 5.26 Å². The lowest BCUT2D eigenvalue weighted by molar-refractivity contribution is 0.0844. The highest BCUT2D eigenvalue weighted by Crippen LogP contribution is 2.58. The topological polar surface area (TPSA) is 214 Å². The van der Waals surface area contributed by atoms with Crippen molar-refractivity contribution in [2.45, 2.75) is 137 Å². The Balaban J connectivity index is 0.749. The number of thiazole rings is 1. The van der Waals surface area contributed by atoms with Gasteiger partial charge in [0.2, 0.25) is 0 Å². The number of hydrogen-bond acceptors (Lipinski definition) is 20. The van der Waals surface area contributed by atoms with Crippen molar-refractivity contribution in [3.8, 4) is 51.8 Å². The van der Waals surface area contributed by atoms with Crippen LogP contribution in [0.5, 0.6) is 23.5 Å². The Kier molecular flexibility index (Phi) is 12.6. The number of nitrogens with one attached hydrogen (secondary N) is 2. The molecule has 8 saturated heterocycles. The number of nitrogen functional groups attached to an aromatic ring is 2. The second-order valence-electron chi connectivity index (χ2n) is 26.4. The molecule has 4 aromatic heterocycles. The maximum absolute atomic E-state index is 18.8. The van der Waals surface area contributed by atoms with Crippen LogP contribution in [0.4, 0.5) is 43.7 Å². The molecule has 11 atom stereocenters. The summed E-state index contributed by atoms with van der Waals surface area (Å²) in [5.41, 5.74) is 13.2. The minimum atomic E-state index is -1.28. The molecule has 18 rings (SSSR count). The summed E-state index contributed by atoms with van der Waals surface area (Å²) in [5.74, 6) is -0.962. The number of benzene rings is 4. The lowest BCUT2D eigenvalue weighted by atomic mass is 9.87. The maximum Gasteiger partial charge on any atom is 0.319 e. The minimum Gasteiger partial charge on any atom is -0.489 e. The molecule has 1 unspecified atom stereocenters. The number of nitriles is 1. The Labute approximate surface area is 529 Å². The van der Waals surface area contributed by atoms with E-state index in [1.54, 1.807) is 0 Å². The van der Waals surface area contributed by atoms with E-state index in [0.29, 0.717) is 77.1 Å². The van der Waals surface area contributed by atoms with Crippen LogP contribution in [0.2, 0.25) is 10.0 Å². The Morgan fingerprint density at radius 3 is 2.02 bits per heavy atom. The average molecular weight is 1310 g/mol. The lowest BCUT2D eigenvalue weighted by Gasteiger charge is -2.40. The third-order valence-electron chi connectivity index (χ3n) is 21.7. The van der Waals surface area contributed by atoms with Gasteiger partial charge >= 0.3 is 12.0 Å². The van der Waals surface area contributed by atoms with E-state index in [1.807, 2.05) is 13.0 Å². The second kappa shape index (κ2) is 20.2. The van der Waals surface area contributed by atoms with E-state index in [0.717, 1.165) is 62.0 Å². The Bertz CT molecular complexity index is 4500. The average Bonchev–Trinajstić information content (AvgIpc) is 1.21. The van der Waals surface area contributed by atoms with E-state index in [1.165, 1.54) is 23.5 Å².